The molecule has 1 aliphatic rings. The van der Waals surface area contributed by atoms with Crippen LogP contribution in [-0.2, 0) is 0 Å². The minimum absolute atomic E-state index is 0.00421. The van der Waals surface area contributed by atoms with E-state index in [2.05, 4.69) is 17.2 Å². The molecule has 1 aromatic rings. The number of anilines is 1. The van der Waals surface area contributed by atoms with Gasteiger partial charge in [0.05, 0.1) is 17.4 Å². The Hall–Kier alpha value is -1.62. The molecule has 0 aromatic carbocycles. The van der Waals surface area contributed by atoms with Crippen LogP contribution in [0.25, 0.3) is 0 Å². The molecular formula is C15H23N3O2. The highest BCUT2D eigenvalue weighted by Gasteiger charge is 2.28. The van der Waals surface area contributed by atoms with E-state index in [0.717, 1.165) is 18.7 Å². The fourth-order valence-electron chi connectivity index (χ4n) is 2.47. The minimum atomic E-state index is -0.300. The highest BCUT2D eigenvalue weighted by atomic mass is 16.3. The summed E-state index contributed by atoms with van der Waals surface area (Å²) >= 11 is 0. The number of likely N-dealkylation sites (tertiary alicyclic amines) is 1. The van der Waals surface area contributed by atoms with E-state index < -0.39 is 0 Å². The first-order chi connectivity index (χ1) is 9.63. The number of nitrogens with one attached hydrogen (secondary N) is 1. The molecular weight excluding hydrogens is 254 g/mol. The molecule has 0 aliphatic carbocycles. The lowest BCUT2D eigenvalue weighted by Crippen LogP contribution is -2.45. The predicted molar refractivity (Wildman–Crippen MR) is 78.7 cm³/mol. The molecule has 2 heterocycles. The van der Waals surface area contributed by atoms with E-state index in [1.54, 1.807) is 12.4 Å². The van der Waals surface area contributed by atoms with Gasteiger partial charge in [0.15, 0.2) is 0 Å². The zero-order chi connectivity index (χ0) is 14.5. The van der Waals surface area contributed by atoms with Gasteiger partial charge in [0, 0.05) is 32.0 Å². The average Bonchev–Trinajstić information content (AvgIpc) is 2.47. The Kier molecular flexibility index (Phi) is 4.95. The van der Waals surface area contributed by atoms with E-state index in [0.29, 0.717) is 25.1 Å². The van der Waals surface area contributed by atoms with E-state index in [9.17, 15) is 9.90 Å². The molecule has 0 spiro atoms. The van der Waals surface area contributed by atoms with Crippen molar-refractivity contribution in [3.8, 4) is 0 Å². The fraction of sp³-hybridized carbons (Fsp3) is 0.600. The van der Waals surface area contributed by atoms with Crippen LogP contribution in [0.1, 0.15) is 37.0 Å². The van der Waals surface area contributed by atoms with Crippen molar-refractivity contribution >= 4 is 11.6 Å². The van der Waals surface area contributed by atoms with Gasteiger partial charge in [-0.3, -0.25) is 9.78 Å². The molecule has 20 heavy (non-hydrogen) atoms. The second kappa shape index (κ2) is 6.70. The number of hydrogen-bond donors (Lipinski definition) is 2. The second-order valence-electron chi connectivity index (χ2n) is 5.43. The van der Waals surface area contributed by atoms with E-state index in [1.165, 1.54) is 0 Å². The smallest absolute Gasteiger partial charge is 0.257 e. The summed E-state index contributed by atoms with van der Waals surface area (Å²) < 4.78 is 0. The monoisotopic (exact) mass is 277 g/mol. The van der Waals surface area contributed by atoms with Crippen molar-refractivity contribution in [1.82, 2.24) is 9.88 Å². The number of aromatic nitrogens is 1. The molecule has 2 N–H and O–H groups in total. The number of aliphatic hydroxyl groups excluding tert-OH is 1. The maximum absolute atomic E-state index is 12.6. The maximum atomic E-state index is 12.6. The van der Waals surface area contributed by atoms with E-state index >= 15 is 0 Å². The lowest BCUT2D eigenvalue weighted by Gasteiger charge is -2.34. The van der Waals surface area contributed by atoms with Crippen molar-refractivity contribution in [2.45, 2.75) is 32.8 Å². The summed E-state index contributed by atoms with van der Waals surface area (Å²) in [7, 11) is 0. The van der Waals surface area contributed by atoms with Gasteiger partial charge in [-0.25, -0.2) is 0 Å². The summed E-state index contributed by atoms with van der Waals surface area (Å²) in [6.45, 7) is 6.10. The quantitative estimate of drug-likeness (QED) is 0.880. The van der Waals surface area contributed by atoms with Gasteiger partial charge in [-0.1, -0.05) is 13.8 Å². The third kappa shape index (κ3) is 3.28. The number of rotatable bonds is 4. The standard InChI is InChI=1S/C15H23N3O2/c1-3-6-17-13-4-7-16-9-12(13)15(20)18-8-5-14(19)11(2)10-18/h4,7,9,11,14,19H,3,5-6,8,10H2,1-2H3,(H,16,17). The number of aliphatic hydroxyl groups is 1. The van der Waals surface area contributed by atoms with Crippen LogP contribution in [0.4, 0.5) is 5.69 Å². The molecule has 1 fully saturated rings. The first-order valence-corrected chi connectivity index (χ1v) is 7.28. The van der Waals surface area contributed by atoms with Crippen LogP contribution < -0.4 is 5.32 Å². The van der Waals surface area contributed by atoms with Gasteiger partial charge in [-0.2, -0.15) is 0 Å². The number of nitrogens with zero attached hydrogens (tertiary/aromatic N) is 2. The van der Waals surface area contributed by atoms with Crippen LogP contribution in [0, 0.1) is 5.92 Å². The summed E-state index contributed by atoms with van der Waals surface area (Å²) in [6, 6.07) is 1.84. The van der Waals surface area contributed by atoms with Crippen LogP contribution in [-0.4, -0.2) is 46.6 Å². The van der Waals surface area contributed by atoms with Gasteiger partial charge < -0.3 is 15.3 Å². The van der Waals surface area contributed by atoms with Crippen LogP contribution in [0.15, 0.2) is 18.5 Å². The van der Waals surface area contributed by atoms with Crippen LogP contribution in [0.3, 0.4) is 0 Å². The van der Waals surface area contributed by atoms with Crippen molar-refractivity contribution in [3.05, 3.63) is 24.0 Å². The van der Waals surface area contributed by atoms with Gasteiger partial charge in [0.2, 0.25) is 0 Å². The number of piperidine rings is 1. The van der Waals surface area contributed by atoms with Gasteiger partial charge >= 0.3 is 0 Å². The zero-order valence-corrected chi connectivity index (χ0v) is 12.2. The highest BCUT2D eigenvalue weighted by Crippen LogP contribution is 2.21. The Morgan fingerprint density at radius 2 is 2.40 bits per heavy atom. The van der Waals surface area contributed by atoms with Crippen molar-refractivity contribution < 1.29 is 9.90 Å². The number of amides is 1. The van der Waals surface area contributed by atoms with Crippen molar-refractivity contribution in [2.24, 2.45) is 5.92 Å². The first-order valence-electron chi connectivity index (χ1n) is 7.28. The molecule has 0 bridgehead atoms. The molecule has 0 saturated carbocycles. The topological polar surface area (TPSA) is 65.5 Å². The first kappa shape index (κ1) is 14.8. The third-order valence-corrected chi connectivity index (χ3v) is 3.76. The molecule has 5 nitrogen and oxygen atoms in total. The van der Waals surface area contributed by atoms with Gasteiger partial charge in [0.25, 0.3) is 5.91 Å². The molecule has 1 amide bonds. The Labute approximate surface area is 120 Å². The lowest BCUT2D eigenvalue weighted by molar-refractivity contribution is 0.0298. The van der Waals surface area contributed by atoms with Crippen LogP contribution >= 0.6 is 0 Å². The van der Waals surface area contributed by atoms with Gasteiger partial charge in [-0.15, -0.1) is 0 Å². The molecule has 1 aliphatic heterocycles. The largest absolute Gasteiger partial charge is 0.393 e. The summed E-state index contributed by atoms with van der Waals surface area (Å²) in [5, 5.41) is 13.0. The maximum Gasteiger partial charge on any atom is 0.257 e. The summed E-state index contributed by atoms with van der Waals surface area (Å²) in [5.41, 5.74) is 1.45. The van der Waals surface area contributed by atoms with E-state index in [-0.39, 0.29) is 17.9 Å². The Balaban J connectivity index is 2.12. The molecule has 1 aromatic heterocycles. The SMILES string of the molecule is CCCNc1ccncc1C(=O)N1CCC(O)C(C)C1. The Bertz CT molecular complexity index is 464. The number of carbonyl (C=O) groups excluding carboxylic acids is 1. The van der Waals surface area contributed by atoms with Crippen LogP contribution in [0.5, 0.6) is 0 Å². The number of carbonyl (C=O) groups is 1. The van der Waals surface area contributed by atoms with Crippen LogP contribution in [0.2, 0.25) is 0 Å². The second-order valence-corrected chi connectivity index (χ2v) is 5.43. The average molecular weight is 277 g/mol. The molecule has 1 saturated heterocycles. The fourth-order valence-corrected chi connectivity index (χ4v) is 2.47. The normalized spacial score (nSPS) is 22.6. The van der Waals surface area contributed by atoms with E-state index in [1.807, 2.05) is 17.9 Å². The number of pyridine rings is 1. The summed E-state index contributed by atoms with van der Waals surface area (Å²) in [5.74, 6) is 0.117. The molecule has 2 unspecified atom stereocenters. The number of hydrogen-bond acceptors (Lipinski definition) is 4. The van der Waals surface area contributed by atoms with Gasteiger partial charge in [-0.05, 0) is 24.8 Å². The van der Waals surface area contributed by atoms with Crippen molar-refractivity contribution in [1.29, 1.82) is 0 Å². The molecule has 5 heteroatoms. The molecule has 0 radical (unpaired) electrons. The Morgan fingerprint density at radius 3 is 3.10 bits per heavy atom. The molecule has 110 valence electrons. The highest BCUT2D eigenvalue weighted by molar-refractivity contribution is 5.99. The van der Waals surface area contributed by atoms with Gasteiger partial charge in [0.1, 0.15) is 0 Å². The molecule has 2 atom stereocenters. The summed E-state index contributed by atoms with van der Waals surface area (Å²) in [6.07, 6.45) is 4.66. The lowest BCUT2D eigenvalue weighted by atomic mass is 9.96. The Morgan fingerprint density at radius 1 is 1.60 bits per heavy atom. The summed E-state index contributed by atoms with van der Waals surface area (Å²) in [4.78, 5) is 18.5. The zero-order valence-electron chi connectivity index (χ0n) is 12.2. The predicted octanol–water partition coefficient (Wildman–Crippen LogP) is 1.75. The van der Waals surface area contributed by atoms with E-state index in [4.69, 9.17) is 0 Å². The van der Waals surface area contributed by atoms with Crippen molar-refractivity contribution in [3.63, 3.8) is 0 Å². The third-order valence-electron chi connectivity index (χ3n) is 3.76. The molecule has 2 rings (SSSR count). The van der Waals surface area contributed by atoms with Crippen molar-refractivity contribution in [2.75, 3.05) is 25.0 Å². The minimum Gasteiger partial charge on any atom is -0.393 e.